The maximum Gasteiger partial charge on any atom is 0.220 e. The second-order valence-electron chi connectivity index (χ2n) is 10.1. The molecule has 6 fully saturated rings. The van der Waals surface area contributed by atoms with Crippen LogP contribution in [0, 0.1) is 35.0 Å². The standard InChI is InChI=1S/C21H31NO4/c1-2-22-18(23)7-13-3-5-20(6-4-13)24-21(26-25-20)16-9-14-8-15-10-17(21)12-19(14,15)11-16/h13-17H,2-12H2,1H3,(H,22,23). The van der Waals surface area contributed by atoms with Crippen LogP contribution in [-0.2, 0) is 19.3 Å². The number of carbonyl (C=O) groups excluding carboxylic acids is 1. The second kappa shape index (κ2) is 5.24. The number of amides is 1. The van der Waals surface area contributed by atoms with Crippen molar-refractivity contribution < 1.29 is 19.3 Å². The summed E-state index contributed by atoms with van der Waals surface area (Å²) in [7, 11) is 0. The van der Waals surface area contributed by atoms with E-state index in [1.807, 2.05) is 6.92 Å². The third-order valence-corrected chi connectivity index (χ3v) is 9.11. The number of carbonyl (C=O) groups is 1. The van der Waals surface area contributed by atoms with Crippen molar-refractivity contribution in [3.63, 3.8) is 0 Å². The van der Waals surface area contributed by atoms with Gasteiger partial charge in [-0.2, -0.15) is 9.78 Å². The Balaban J connectivity index is 1.15. The molecule has 4 atom stereocenters. The van der Waals surface area contributed by atoms with E-state index in [1.165, 1.54) is 32.1 Å². The fraction of sp³-hybridized carbons (Fsp3) is 0.952. The summed E-state index contributed by atoms with van der Waals surface area (Å²) in [6, 6.07) is 0. The lowest BCUT2D eigenvalue weighted by molar-refractivity contribution is -0.375. The van der Waals surface area contributed by atoms with Crippen LogP contribution in [0.4, 0.5) is 0 Å². The van der Waals surface area contributed by atoms with Gasteiger partial charge in [-0.05, 0) is 75.0 Å². The lowest BCUT2D eigenvalue weighted by atomic mass is 9.56. The van der Waals surface area contributed by atoms with Gasteiger partial charge in [0.15, 0.2) is 0 Å². The van der Waals surface area contributed by atoms with Crippen LogP contribution in [0.2, 0.25) is 0 Å². The number of ether oxygens (including phenoxy) is 1. The molecule has 0 aromatic carbocycles. The molecule has 1 heterocycles. The Bertz CT molecular complexity index is 602. The Labute approximate surface area is 155 Å². The molecule has 1 aliphatic heterocycles. The van der Waals surface area contributed by atoms with Gasteiger partial charge in [0.05, 0.1) is 0 Å². The van der Waals surface area contributed by atoms with Gasteiger partial charge < -0.3 is 10.1 Å². The molecule has 144 valence electrons. The van der Waals surface area contributed by atoms with Crippen molar-refractivity contribution in [3.05, 3.63) is 0 Å². The fourth-order valence-electron chi connectivity index (χ4n) is 7.92. The van der Waals surface area contributed by atoms with Gasteiger partial charge >= 0.3 is 0 Å². The van der Waals surface area contributed by atoms with E-state index in [0.29, 0.717) is 36.1 Å². The normalized spacial score (nSPS) is 56.1. The van der Waals surface area contributed by atoms with Gasteiger partial charge in [-0.15, -0.1) is 0 Å². The highest BCUT2D eigenvalue weighted by Crippen LogP contribution is 2.79. The first-order valence-electron chi connectivity index (χ1n) is 10.9. The molecule has 1 amide bonds. The van der Waals surface area contributed by atoms with Crippen molar-refractivity contribution in [1.29, 1.82) is 0 Å². The number of fused-ring (bicyclic) bond motifs is 4. The summed E-state index contributed by atoms with van der Waals surface area (Å²) in [6.45, 7) is 2.68. The van der Waals surface area contributed by atoms with Crippen molar-refractivity contribution in [1.82, 2.24) is 5.32 Å². The zero-order chi connectivity index (χ0) is 17.6. The lowest BCUT2D eigenvalue weighted by Crippen LogP contribution is -2.50. The van der Waals surface area contributed by atoms with E-state index < -0.39 is 11.6 Å². The van der Waals surface area contributed by atoms with E-state index in [-0.39, 0.29) is 5.91 Å². The van der Waals surface area contributed by atoms with Crippen LogP contribution in [0.15, 0.2) is 0 Å². The van der Waals surface area contributed by atoms with Crippen LogP contribution in [-0.4, -0.2) is 24.0 Å². The maximum atomic E-state index is 11.9. The van der Waals surface area contributed by atoms with Crippen LogP contribution in [0.25, 0.3) is 0 Å². The number of hydrogen-bond donors (Lipinski definition) is 1. The van der Waals surface area contributed by atoms with Crippen molar-refractivity contribution in [2.24, 2.45) is 35.0 Å². The Kier molecular flexibility index (Phi) is 3.29. The van der Waals surface area contributed by atoms with Gasteiger partial charge in [-0.25, -0.2) is 0 Å². The van der Waals surface area contributed by atoms with Crippen molar-refractivity contribution in [2.75, 3.05) is 6.54 Å². The molecule has 5 heteroatoms. The Morgan fingerprint density at radius 1 is 1.00 bits per heavy atom. The molecular weight excluding hydrogens is 330 g/mol. The molecule has 26 heavy (non-hydrogen) atoms. The third kappa shape index (κ3) is 1.95. The van der Waals surface area contributed by atoms with Crippen LogP contribution < -0.4 is 5.32 Å². The minimum atomic E-state index is -0.549. The molecule has 3 bridgehead atoms. The van der Waals surface area contributed by atoms with Crippen LogP contribution >= 0.6 is 0 Å². The topological polar surface area (TPSA) is 56.8 Å². The molecule has 5 saturated carbocycles. The minimum Gasteiger partial charge on any atom is -0.356 e. The SMILES string of the molecule is CCNC(=O)CC1CCC2(CC1)OOC1(O2)C2CC3CC4CC1CC34C2. The summed E-state index contributed by atoms with van der Waals surface area (Å²) in [5.74, 6) is 2.54. The van der Waals surface area contributed by atoms with Crippen LogP contribution in [0.3, 0.4) is 0 Å². The quantitative estimate of drug-likeness (QED) is 0.782. The lowest BCUT2D eigenvalue weighted by Gasteiger charge is -2.49. The number of nitrogens with one attached hydrogen (secondary N) is 1. The predicted octanol–water partition coefficient (Wildman–Crippen LogP) is 3.53. The van der Waals surface area contributed by atoms with Gasteiger partial charge in [0.2, 0.25) is 17.5 Å². The van der Waals surface area contributed by atoms with E-state index >= 15 is 0 Å². The smallest absolute Gasteiger partial charge is 0.220 e. The number of rotatable bonds is 3. The van der Waals surface area contributed by atoms with Crippen molar-refractivity contribution in [3.8, 4) is 0 Å². The van der Waals surface area contributed by atoms with E-state index in [9.17, 15) is 4.79 Å². The van der Waals surface area contributed by atoms with E-state index in [4.69, 9.17) is 14.5 Å². The summed E-state index contributed by atoms with van der Waals surface area (Å²) in [4.78, 5) is 24.0. The average molecular weight is 361 g/mol. The van der Waals surface area contributed by atoms with Gasteiger partial charge in [-0.1, -0.05) is 0 Å². The fourth-order valence-corrected chi connectivity index (χ4v) is 7.92. The van der Waals surface area contributed by atoms with Gasteiger partial charge in [0.25, 0.3) is 0 Å². The highest BCUT2D eigenvalue weighted by molar-refractivity contribution is 5.76. The molecular formula is C21H31NO4. The molecule has 6 aliphatic rings. The first-order chi connectivity index (χ1) is 12.6. The average Bonchev–Trinajstić information content (AvgIpc) is 3.20. The summed E-state index contributed by atoms with van der Waals surface area (Å²) >= 11 is 0. The highest BCUT2D eigenvalue weighted by atomic mass is 17.3. The molecule has 4 unspecified atom stereocenters. The molecule has 3 spiro atoms. The first-order valence-corrected chi connectivity index (χ1v) is 10.9. The summed E-state index contributed by atoms with van der Waals surface area (Å²) in [6.07, 6.45) is 11.0. The minimum absolute atomic E-state index is 0.175. The Hall–Kier alpha value is -0.650. The Morgan fingerprint density at radius 2 is 1.65 bits per heavy atom. The van der Waals surface area contributed by atoms with Crippen molar-refractivity contribution in [2.45, 2.75) is 82.7 Å². The zero-order valence-corrected chi connectivity index (χ0v) is 15.8. The van der Waals surface area contributed by atoms with Crippen LogP contribution in [0.5, 0.6) is 0 Å². The molecule has 0 aromatic rings. The highest BCUT2D eigenvalue weighted by Gasteiger charge is 2.77. The van der Waals surface area contributed by atoms with E-state index in [1.54, 1.807) is 0 Å². The third-order valence-electron chi connectivity index (χ3n) is 9.11. The van der Waals surface area contributed by atoms with Gasteiger partial charge in [0, 0.05) is 37.6 Å². The largest absolute Gasteiger partial charge is 0.356 e. The molecule has 5 nitrogen and oxygen atoms in total. The van der Waals surface area contributed by atoms with E-state index in [0.717, 1.165) is 37.5 Å². The van der Waals surface area contributed by atoms with Crippen molar-refractivity contribution >= 4 is 5.91 Å². The predicted molar refractivity (Wildman–Crippen MR) is 93.5 cm³/mol. The van der Waals surface area contributed by atoms with Gasteiger partial charge in [-0.3, -0.25) is 4.79 Å². The summed E-state index contributed by atoms with van der Waals surface area (Å²) in [5, 5.41) is 2.92. The molecule has 0 aromatic heterocycles. The maximum absolute atomic E-state index is 11.9. The Morgan fingerprint density at radius 3 is 2.31 bits per heavy atom. The zero-order valence-electron chi connectivity index (χ0n) is 15.8. The molecule has 1 N–H and O–H groups in total. The van der Waals surface area contributed by atoms with Crippen LogP contribution in [0.1, 0.15) is 71.1 Å². The molecule has 5 aliphatic carbocycles. The number of hydrogen-bond acceptors (Lipinski definition) is 4. The molecule has 0 radical (unpaired) electrons. The molecule has 6 rings (SSSR count). The van der Waals surface area contributed by atoms with Gasteiger partial charge in [0.1, 0.15) is 0 Å². The molecule has 1 saturated heterocycles. The second-order valence-corrected chi connectivity index (χ2v) is 10.1. The monoisotopic (exact) mass is 361 g/mol. The first kappa shape index (κ1) is 16.3. The van der Waals surface area contributed by atoms with E-state index in [2.05, 4.69) is 5.32 Å². The summed E-state index contributed by atoms with van der Waals surface area (Å²) in [5.41, 5.74) is 0.660. The summed E-state index contributed by atoms with van der Waals surface area (Å²) < 4.78 is 6.80.